The number of alkyl halides is 3. The monoisotopic (exact) mass is 633 g/mol. The van der Waals surface area contributed by atoms with Crippen molar-refractivity contribution >= 4 is 44.2 Å². The van der Waals surface area contributed by atoms with E-state index in [1.165, 1.54) is 37.8 Å². The number of carbonyl (C=O) groups excluding carboxylic acids is 2. The lowest BCUT2D eigenvalue weighted by atomic mass is 9.70. The van der Waals surface area contributed by atoms with Crippen LogP contribution in [0.5, 0.6) is 11.6 Å². The number of ether oxygens (including phenoxy) is 4. The average Bonchev–Trinajstić information content (AvgIpc) is 3.44. The van der Waals surface area contributed by atoms with Crippen LogP contribution in [0.3, 0.4) is 0 Å². The summed E-state index contributed by atoms with van der Waals surface area (Å²) in [5, 5.41) is 6.50. The molecule has 4 saturated heterocycles. The summed E-state index contributed by atoms with van der Waals surface area (Å²) in [4.78, 5) is 38.7. The summed E-state index contributed by atoms with van der Waals surface area (Å²) in [6.45, 7) is 1.00. The Morgan fingerprint density at radius 3 is 2.45 bits per heavy atom. The summed E-state index contributed by atoms with van der Waals surface area (Å²) in [7, 11) is 2.85. The lowest BCUT2D eigenvalue weighted by Gasteiger charge is -2.53. The predicted molar refractivity (Wildman–Crippen MR) is 154 cm³/mol. The number of halogens is 3. The first kappa shape index (κ1) is 29.0. The van der Waals surface area contributed by atoms with Gasteiger partial charge < -0.3 is 34.5 Å². The number of carbonyl (C=O) groups is 2. The topological polar surface area (TPSA) is 124 Å². The number of fused-ring (bicyclic) bond motifs is 6. The van der Waals surface area contributed by atoms with E-state index in [9.17, 15) is 22.8 Å². The largest absolute Gasteiger partial charge is 0.496 e. The Morgan fingerprint density at radius 2 is 1.84 bits per heavy atom. The first-order valence-electron chi connectivity index (χ1n) is 14.3. The van der Waals surface area contributed by atoms with Crippen molar-refractivity contribution in [2.45, 2.75) is 61.5 Å². The molecule has 4 aliphatic heterocycles. The number of pyridine rings is 1. The smallest absolute Gasteiger partial charge is 0.417 e. The Morgan fingerprint density at radius 1 is 1.09 bits per heavy atom. The van der Waals surface area contributed by atoms with Crippen molar-refractivity contribution in [3.05, 3.63) is 35.5 Å². The Balaban J connectivity index is 1.16. The van der Waals surface area contributed by atoms with E-state index in [1.54, 1.807) is 12.1 Å². The number of rotatable bonds is 7. The van der Waals surface area contributed by atoms with Crippen LogP contribution in [-0.4, -0.2) is 85.2 Å². The molecule has 15 heteroatoms. The van der Waals surface area contributed by atoms with Crippen LogP contribution in [0.1, 0.15) is 52.8 Å². The number of aromatic nitrogens is 2. The highest BCUT2D eigenvalue weighted by Crippen LogP contribution is 2.51. The minimum Gasteiger partial charge on any atom is -0.496 e. The zero-order chi connectivity index (χ0) is 30.9. The zero-order valence-corrected chi connectivity index (χ0v) is 24.8. The maximum Gasteiger partial charge on any atom is 0.417 e. The lowest BCUT2D eigenvalue weighted by Crippen LogP contribution is -2.66. The van der Waals surface area contributed by atoms with E-state index in [0.29, 0.717) is 29.2 Å². The molecular weight excluding hydrogens is 603 g/mol. The molecule has 11 nitrogen and oxygen atoms in total. The highest BCUT2D eigenvalue weighted by Gasteiger charge is 2.63. The predicted octanol–water partition coefficient (Wildman–Crippen LogP) is 4.31. The summed E-state index contributed by atoms with van der Waals surface area (Å²) in [6, 6.07) is 5.36. The van der Waals surface area contributed by atoms with Gasteiger partial charge >= 0.3 is 6.18 Å². The second kappa shape index (κ2) is 10.4. The number of amides is 2. The first-order chi connectivity index (χ1) is 21.1. The number of nitrogens with one attached hydrogen (secondary N) is 2. The third kappa shape index (κ3) is 4.63. The van der Waals surface area contributed by atoms with E-state index in [4.69, 9.17) is 23.9 Å². The molecule has 0 spiro atoms. The maximum atomic E-state index is 13.9. The third-order valence-corrected chi connectivity index (χ3v) is 10.3. The molecule has 4 bridgehead atoms. The minimum absolute atomic E-state index is 0.0438. The standard InChI is InChI=1S/C29H30F3N5O6S/c1-40-20-4-3-18-23(44-26(35-18)37-15-9-16(37)13-42-12-15)22(20)25(39)34-19-11-33-21(41-2)10-17(19)24(38)36-27-5-7-28(8-6-27,43-14-27)29(30,31)32/h3-4,10-11,15-16H,5-9,12-14H2,1-2H3,(H,34,39)(H,36,38). The van der Waals surface area contributed by atoms with Gasteiger partial charge in [0.05, 0.1) is 79.3 Å². The zero-order valence-electron chi connectivity index (χ0n) is 24.0. The Kier molecular flexibility index (Phi) is 6.90. The van der Waals surface area contributed by atoms with Crippen LogP contribution in [0.2, 0.25) is 0 Å². The van der Waals surface area contributed by atoms with Crippen LogP contribution in [0, 0.1) is 0 Å². The van der Waals surface area contributed by atoms with Crippen molar-refractivity contribution < 1.29 is 41.7 Å². The molecular formula is C29H30F3N5O6S. The molecule has 44 heavy (non-hydrogen) atoms. The fourth-order valence-corrected chi connectivity index (χ4v) is 7.90. The second-order valence-electron chi connectivity index (χ2n) is 11.7. The van der Waals surface area contributed by atoms with Gasteiger partial charge in [-0.2, -0.15) is 13.2 Å². The molecule has 1 saturated carbocycles. The van der Waals surface area contributed by atoms with E-state index in [0.717, 1.165) is 11.6 Å². The van der Waals surface area contributed by atoms with Crippen molar-refractivity contribution in [1.82, 2.24) is 15.3 Å². The number of methoxy groups -OCH3 is 2. The number of anilines is 2. The molecule has 2 atom stereocenters. The van der Waals surface area contributed by atoms with Crippen molar-refractivity contribution in [2.24, 2.45) is 0 Å². The molecule has 1 aromatic carbocycles. The SMILES string of the molecule is COc1cc(C(=O)NC23CCC(C(F)(F)F)(CC2)OC3)c(NC(=O)c2c(OC)ccc3nc(N4C5COCC4C5)sc23)cn1. The van der Waals surface area contributed by atoms with Crippen LogP contribution in [0.15, 0.2) is 24.4 Å². The number of nitrogens with zero attached hydrogens (tertiary/aromatic N) is 3. The normalized spacial score (nSPS) is 27.5. The van der Waals surface area contributed by atoms with Gasteiger partial charge in [0, 0.05) is 6.07 Å². The molecule has 2 N–H and O–H groups in total. The molecule has 2 amide bonds. The van der Waals surface area contributed by atoms with Gasteiger partial charge in [-0.25, -0.2) is 9.97 Å². The van der Waals surface area contributed by atoms with Gasteiger partial charge in [-0.05, 0) is 44.2 Å². The quantitative estimate of drug-likeness (QED) is 0.392. The minimum atomic E-state index is -4.48. The summed E-state index contributed by atoms with van der Waals surface area (Å²) >= 11 is 1.39. The van der Waals surface area contributed by atoms with E-state index in [-0.39, 0.29) is 67.1 Å². The van der Waals surface area contributed by atoms with E-state index in [2.05, 4.69) is 20.5 Å². The number of hydrogen-bond acceptors (Lipinski definition) is 10. The Hall–Kier alpha value is -3.69. The fraction of sp³-hybridized carbons (Fsp3) is 0.517. The van der Waals surface area contributed by atoms with E-state index < -0.39 is 29.1 Å². The van der Waals surface area contributed by atoms with Crippen LogP contribution < -0.4 is 25.0 Å². The molecule has 5 aliphatic rings. The van der Waals surface area contributed by atoms with Crippen LogP contribution in [-0.2, 0) is 9.47 Å². The molecule has 234 valence electrons. The number of hydrogen-bond donors (Lipinski definition) is 2. The Labute approximate surface area is 254 Å². The molecule has 0 radical (unpaired) electrons. The van der Waals surface area contributed by atoms with E-state index in [1.807, 2.05) is 0 Å². The molecule has 6 heterocycles. The summed E-state index contributed by atoms with van der Waals surface area (Å²) in [5.41, 5.74) is -2.10. The van der Waals surface area contributed by atoms with Crippen molar-refractivity contribution in [2.75, 3.05) is 44.3 Å². The summed E-state index contributed by atoms with van der Waals surface area (Å²) < 4.78 is 63.3. The summed E-state index contributed by atoms with van der Waals surface area (Å²) in [6.07, 6.45) is -2.40. The van der Waals surface area contributed by atoms with Gasteiger partial charge in [-0.3, -0.25) is 9.59 Å². The first-order valence-corrected chi connectivity index (χ1v) is 15.1. The van der Waals surface area contributed by atoms with Gasteiger partial charge in [-0.1, -0.05) is 11.3 Å². The maximum absolute atomic E-state index is 13.9. The second-order valence-corrected chi connectivity index (χ2v) is 12.7. The third-order valence-electron chi connectivity index (χ3n) is 9.24. The molecule has 8 rings (SSSR count). The number of morpholine rings is 1. The van der Waals surface area contributed by atoms with Gasteiger partial charge in [0.25, 0.3) is 11.8 Å². The van der Waals surface area contributed by atoms with Gasteiger partial charge in [0.1, 0.15) is 11.3 Å². The molecule has 2 unspecified atom stereocenters. The number of benzene rings is 1. The van der Waals surface area contributed by atoms with Crippen molar-refractivity contribution in [3.63, 3.8) is 0 Å². The van der Waals surface area contributed by atoms with Crippen molar-refractivity contribution in [1.29, 1.82) is 0 Å². The highest BCUT2D eigenvalue weighted by molar-refractivity contribution is 7.22. The Bertz CT molecular complexity index is 1610. The molecule has 2 aromatic heterocycles. The lowest BCUT2D eigenvalue weighted by molar-refractivity contribution is -0.317. The average molecular weight is 634 g/mol. The molecule has 3 aromatic rings. The number of thiazole rings is 1. The van der Waals surface area contributed by atoms with Crippen molar-refractivity contribution in [3.8, 4) is 11.6 Å². The highest BCUT2D eigenvalue weighted by atomic mass is 32.1. The molecule has 5 fully saturated rings. The fourth-order valence-electron chi connectivity index (χ4n) is 6.66. The van der Waals surface area contributed by atoms with Crippen LogP contribution in [0.4, 0.5) is 24.0 Å². The van der Waals surface area contributed by atoms with Gasteiger partial charge in [-0.15, -0.1) is 0 Å². The van der Waals surface area contributed by atoms with E-state index >= 15 is 0 Å². The van der Waals surface area contributed by atoms with Gasteiger partial charge in [0.15, 0.2) is 10.7 Å². The van der Waals surface area contributed by atoms with Crippen LogP contribution in [0.25, 0.3) is 10.2 Å². The summed E-state index contributed by atoms with van der Waals surface area (Å²) in [5.74, 6) is -0.676. The molecule has 1 aliphatic carbocycles. The van der Waals surface area contributed by atoms with Gasteiger partial charge in [0.2, 0.25) is 5.88 Å². The van der Waals surface area contributed by atoms with Crippen LogP contribution >= 0.6 is 11.3 Å².